The van der Waals surface area contributed by atoms with Gasteiger partial charge in [0.15, 0.2) is 0 Å². The summed E-state index contributed by atoms with van der Waals surface area (Å²) in [5, 5.41) is 4.22. The number of ether oxygens (including phenoxy) is 1. The van der Waals surface area contributed by atoms with E-state index in [9.17, 15) is 0 Å². The van der Waals surface area contributed by atoms with E-state index < -0.39 is 0 Å². The smallest absolute Gasteiger partial charge is 0.124 e. The zero-order valence-electron chi connectivity index (χ0n) is 18.5. The van der Waals surface area contributed by atoms with Gasteiger partial charge in [0.25, 0.3) is 0 Å². The molecule has 0 N–H and O–H groups in total. The molecule has 28 heavy (non-hydrogen) atoms. The van der Waals surface area contributed by atoms with Crippen molar-refractivity contribution >= 4 is 0 Å². The van der Waals surface area contributed by atoms with Gasteiger partial charge in [0.2, 0.25) is 0 Å². The SMILES string of the molecule is Cn1cc(-c2cncn2COCCCCCCCCCCCC(C)(C)C)cn1. The van der Waals surface area contributed by atoms with Crippen molar-refractivity contribution in [1.29, 1.82) is 0 Å². The Labute approximate surface area is 171 Å². The summed E-state index contributed by atoms with van der Waals surface area (Å²) in [6, 6.07) is 0. The number of rotatable bonds is 14. The van der Waals surface area contributed by atoms with Crippen molar-refractivity contribution in [2.45, 2.75) is 91.7 Å². The van der Waals surface area contributed by atoms with Crippen LogP contribution in [0.25, 0.3) is 11.3 Å². The Balaban J connectivity index is 1.43. The maximum Gasteiger partial charge on any atom is 0.124 e. The summed E-state index contributed by atoms with van der Waals surface area (Å²) in [7, 11) is 1.92. The molecule has 0 fully saturated rings. The van der Waals surface area contributed by atoms with Gasteiger partial charge in [0.1, 0.15) is 6.73 Å². The van der Waals surface area contributed by atoms with E-state index in [-0.39, 0.29) is 0 Å². The molecule has 0 unspecified atom stereocenters. The van der Waals surface area contributed by atoms with E-state index in [0.717, 1.165) is 24.3 Å². The fourth-order valence-corrected chi connectivity index (χ4v) is 3.48. The zero-order chi connectivity index (χ0) is 20.2. The summed E-state index contributed by atoms with van der Waals surface area (Å²) in [5.74, 6) is 0. The first-order chi connectivity index (χ1) is 13.5. The first kappa shape index (κ1) is 22.7. The van der Waals surface area contributed by atoms with Crippen LogP contribution in [0.5, 0.6) is 0 Å². The monoisotopic (exact) mass is 388 g/mol. The standard InChI is InChI=1S/C23H40N4O/c1-23(2,3)14-12-10-8-6-5-7-9-11-13-15-28-20-27-19-24-17-22(27)21-16-25-26(4)18-21/h16-19H,5-15,20H2,1-4H3. The first-order valence-corrected chi connectivity index (χ1v) is 11.0. The Morgan fingerprint density at radius 3 is 2.14 bits per heavy atom. The molecule has 2 aromatic rings. The number of hydrogen-bond donors (Lipinski definition) is 0. The fraction of sp³-hybridized carbons (Fsp3) is 0.739. The summed E-state index contributed by atoms with van der Waals surface area (Å²) in [6.07, 6.45) is 21.0. The van der Waals surface area contributed by atoms with Crippen LogP contribution in [0.4, 0.5) is 0 Å². The molecule has 0 saturated heterocycles. The van der Waals surface area contributed by atoms with E-state index in [1.165, 1.54) is 57.8 Å². The Morgan fingerprint density at radius 2 is 1.54 bits per heavy atom. The summed E-state index contributed by atoms with van der Waals surface area (Å²) < 4.78 is 9.69. The van der Waals surface area contributed by atoms with Crippen molar-refractivity contribution in [2.24, 2.45) is 12.5 Å². The molecule has 0 amide bonds. The van der Waals surface area contributed by atoms with Gasteiger partial charge in [-0.1, -0.05) is 72.1 Å². The first-order valence-electron chi connectivity index (χ1n) is 11.0. The average Bonchev–Trinajstić information content (AvgIpc) is 3.26. The predicted octanol–water partition coefficient (Wildman–Crippen LogP) is 6.20. The highest BCUT2D eigenvalue weighted by atomic mass is 16.5. The second-order valence-electron chi connectivity index (χ2n) is 9.18. The highest BCUT2D eigenvalue weighted by Crippen LogP contribution is 2.22. The molecule has 158 valence electrons. The van der Waals surface area contributed by atoms with Gasteiger partial charge < -0.3 is 9.30 Å². The van der Waals surface area contributed by atoms with Crippen LogP contribution >= 0.6 is 0 Å². The number of unbranched alkanes of at least 4 members (excludes halogenated alkanes) is 8. The molecule has 2 aromatic heterocycles. The molecule has 0 aliphatic carbocycles. The van der Waals surface area contributed by atoms with Gasteiger partial charge >= 0.3 is 0 Å². The van der Waals surface area contributed by atoms with Gasteiger partial charge in [-0.25, -0.2) is 4.98 Å². The van der Waals surface area contributed by atoms with Crippen molar-refractivity contribution in [1.82, 2.24) is 19.3 Å². The number of aryl methyl sites for hydroxylation is 1. The van der Waals surface area contributed by atoms with Gasteiger partial charge in [-0.15, -0.1) is 0 Å². The van der Waals surface area contributed by atoms with Gasteiger partial charge in [-0.05, 0) is 18.3 Å². The molecule has 0 aromatic carbocycles. The molecule has 0 bridgehead atoms. The molecule has 0 aliphatic heterocycles. The Hall–Kier alpha value is -1.62. The van der Waals surface area contributed by atoms with Crippen LogP contribution in [-0.2, 0) is 18.5 Å². The molecular weight excluding hydrogens is 348 g/mol. The number of imidazole rings is 1. The Kier molecular flexibility index (Phi) is 9.76. The number of hydrogen-bond acceptors (Lipinski definition) is 3. The molecular formula is C23H40N4O. The molecule has 0 aliphatic rings. The minimum atomic E-state index is 0.500. The predicted molar refractivity (Wildman–Crippen MR) is 116 cm³/mol. The molecule has 0 atom stereocenters. The summed E-state index contributed by atoms with van der Waals surface area (Å²) in [5.41, 5.74) is 2.62. The van der Waals surface area contributed by atoms with E-state index >= 15 is 0 Å². The van der Waals surface area contributed by atoms with Crippen LogP contribution < -0.4 is 0 Å². The minimum Gasteiger partial charge on any atom is -0.361 e. The second-order valence-corrected chi connectivity index (χ2v) is 9.18. The maximum atomic E-state index is 5.84. The topological polar surface area (TPSA) is 44.9 Å². The lowest BCUT2D eigenvalue weighted by Crippen LogP contribution is -2.04. The number of nitrogens with zero attached hydrogens (tertiary/aromatic N) is 4. The minimum absolute atomic E-state index is 0.500. The molecule has 0 saturated carbocycles. The molecule has 2 heterocycles. The van der Waals surface area contributed by atoms with Crippen molar-refractivity contribution in [2.75, 3.05) is 6.61 Å². The van der Waals surface area contributed by atoms with Crippen LogP contribution in [0, 0.1) is 5.41 Å². The lowest BCUT2D eigenvalue weighted by atomic mass is 9.89. The van der Waals surface area contributed by atoms with Crippen molar-refractivity contribution in [3.05, 3.63) is 24.9 Å². The third-order valence-corrected chi connectivity index (χ3v) is 5.16. The Morgan fingerprint density at radius 1 is 0.893 bits per heavy atom. The van der Waals surface area contributed by atoms with Crippen molar-refractivity contribution in [3.8, 4) is 11.3 Å². The highest BCUT2D eigenvalue weighted by Gasteiger charge is 2.08. The van der Waals surface area contributed by atoms with E-state index in [1.54, 1.807) is 4.68 Å². The molecule has 0 spiro atoms. The molecule has 0 radical (unpaired) electrons. The zero-order valence-corrected chi connectivity index (χ0v) is 18.5. The third kappa shape index (κ3) is 9.05. The second kappa shape index (κ2) is 12.1. The van der Waals surface area contributed by atoms with E-state index in [0.29, 0.717) is 12.1 Å². The highest BCUT2D eigenvalue weighted by molar-refractivity contribution is 5.56. The van der Waals surface area contributed by atoms with E-state index in [4.69, 9.17) is 4.74 Å². The fourth-order valence-electron chi connectivity index (χ4n) is 3.48. The average molecular weight is 389 g/mol. The van der Waals surface area contributed by atoms with Crippen molar-refractivity contribution in [3.63, 3.8) is 0 Å². The van der Waals surface area contributed by atoms with Crippen LogP contribution in [0.15, 0.2) is 24.9 Å². The van der Waals surface area contributed by atoms with Crippen LogP contribution in [0.1, 0.15) is 85.0 Å². The summed E-state index contributed by atoms with van der Waals surface area (Å²) in [6.45, 7) is 8.39. The lowest BCUT2D eigenvalue weighted by molar-refractivity contribution is 0.0747. The van der Waals surface area contributed by atoms with Crippen LogP contribution in [0.2, 0.25) is 0 Å². The summed E-state index contributed by atoms with van der Waals surface area (Å²) >= 11 is 0. The lowest BCUT2D eigenvalue weighted by Gasteiger charge is -2.17. The van der Waals surface area contributed by atoms with Gasteiger partial charge in [0, 0.05) is 25.4 Å². The quantitative estimate of drug-likeness (QED) is 0.362. The molecule has 5 heteroatoms. The largest absolute Gasteiger partial charge is 0.361 e. The molecule has 2 rings (SSSR count). The Bertz CT molecular complexity index is 654. The van der Waals surface area contributed by atoms with Crippen LogP contribution in [-0.4, -0.2) is 25.9 Å². The van der Waals surface area contributed by atoms with Gasteiger partial charge in [0.05, 0.1) is 24.4 Å². The third-order valence-electron chi connectivity index (χ3n) is 5.16. The van der Waals surface area contributed by atoms with Gasteiger partial charge in [-0.3, -0.25) is 4.68 Å². The number of aromatic nitrogens is 4. The normalized spacial score (nSPS) is 12.0. The van der Waals surface area contributed by atoms with E-state index in [2.05, 4.69) is 30.9 Å². The van der Waals surface area contributed by atoms with Gasteiger partial charge in [-0.2, -0.15) is 5.10 Å². The van der Waals surface area contributed by atoms with E-state index in [1.807, 2.05) is 36.5 Å². The molecule has 5 nitrogen and oxygen atoms in total. The summed E-state index contributed by atoms with van der Waals surface area (Å²) in [4.78, 5) is 4.24. The van der Waals surface area contributed by atoms with Crippen molar-refractivity contribution < 1.29 is 4.74 Å². The maximum absolute atomic E-state index is 5.84. The van der Waals surface area contributed by atoms with Crippen LogP contribution in [0.3, 0.4) is 0 Å².